The monoisotopic (exact) mass is 241 g/mol. The fraction of sp³-hybridized carbons (Fsp3) is 0.750. The summed E-state index contributed by atoms with van der Waals surface area (Å²) in [6, 6.07) is 0. The summed E-state index contributed by atoms with van der Waals surface area (Å²) < 4.78 is 1.76. The fourth-order valence-electron chi connectivity index (χ4n) is 2.30. The Morgan fingerprint density at radius 1 is 1.38 bits per heavy atom. The van der Waals surface area contributed by atoms with E-state index in [0.29, 0.717) is 0 Å². The maximum Gasteiger partial charge on any atom is 0.131 e. The first-order valence-electron chi connectivity index (χ1n) is 5.98. The summed E-state index contributed by atoms with van der Waals surface area (Å²) >= 11 is 6.24. The second-order valence-corrected chi connectivity index (χ2v) is 5.30. The molecule has 3 nitrogen and oxygen atoms in total. The van der Waals surface area contributed by atoms with Crippen molar-refractivity contribution in [3.05, 3.63) is 16.4 Å². The number of halogens is 1. The van der Waals surface area contributed by atoms with Crippen LogP contribution in [0.15, 0.2) is 0 Å². The third-order valence-corrected chi connectivity index (χ3v) is 4.00. The zero-order valence-electron chi connectivity index (χ0n) is 10.3. The van der Waals surface area contributed by atoms with Gasteiger partial charge in [0.05, 0.1) is 5.69 Å². The third kappa shape index (κ3) is 2.41. The van der Waals surface area contributed by atoms with E-state index in [1.54, 1.807) is 4.68 Å². The topological polar surface area (TPSA) is 21.1 Å². The molecule has 0 N–H and O–H groups in total. The van der Waals surface area contributed by atoms with Crippen LogP contribution in [-0.4, -0.2) is 27.8 Å². The molecule has 0 atom stereocenters. The van der Waals surface area contributed by atoms with E-state index in [-0.39, 0.29) is 0 Å². The van der Waals surface area contributed by atoms with Gasteiger partial charge in [0.15, 0.2) is 0 Å². The van der Waals surface area contributed by atoms with Gasteiger partial charge in [0, 0.05) is 19.2 Å². The minimum absolute atomic E-state index is 0.788. The molecule has 90 valence electrons. The Kier molecular flexibility index (Phi) is 3.55. The average molecular weight is 242 g/mol. The molecule has 2 heterocycles. The first-order valence-corrected chi connectivity index (χ1v) is 6.36. The Balaban J connectivity index is 2.03. The lowest BCUT2D eigenvalue weighted by Crippen LogP contribution is -2.32. The van der Waals surface area contributed by atoms with Gasteiger partial charge in [-0.1, -0.05) is 18.5 Å². The van der Waals surface area contributed by atoms with Crippen LogP contribution in [-0.2, 0) is 13.6 Å². The first kappa shape index (κ1) is 11.9. The smallest absolute Gasteiger partial charge is 0.131 e. The van der Waals surface area contributed by atoms with Crippen LogP contribution in [0.4, 0.5) is 0 Å². The van der Waals surface area contributed by atoms with E-state index >= 15 is 0 Å². The molecular formula is C12H20ClN3. The molecule has 1 aromatic heterocycles. The minimum Gasteiger partial charge on any atom is -0.299 e. The average Bonchev–Trinajstić information content (AvgIpc) is 2.48. The molecule has 1 fully saturated rings. The van der Waals surface area contributed by atoms with Crippen LogP contribution in [0.5, 0.6) is 0 Å². The number of hydrogen-bond acceptors (Lipinski definition) is 2. The molecule has 0 radical (unpaired) electrons. The van der Waals surface area contributed by atoms with Crippen molar-refractivity contribution >= 4 is 11.6 Å². The number of likely N-dealkylation sites (tertiary alicyclic amines) is 1. The predicted octanol–water partition coefficient (Wildman–Crippen LogP) is 2.61. The zero-order valence-corrected chi connectivity index (χ0v) is 11.1. The van der Waals surface area contributed by atoms with Crippen molar-refractivity contribution < 1.29 is 0 Å². The third-order valence-electron chi connectivity index (χ3n) is 3.53. The Bertz CT molecular complexity index is 365. The van der Waals surface area contributed by atoms with Crippen molar-refractivity contribution in [1.29, 1.82) is 0 Å². The molecule has 0 saturated carbocycles. The molecule has 16 heavy (non-hydrogen) atoms. The van der Waals surface area contributed by atoms with Gasteiger partial charge in [-0.25, -0.2) is 0 Å². The van der Waals surface area contributed by atoms with Gasteiger partial charge >= 0.3 is 0 Å². The van der Waals surface area contributed by atoms with Crippen molar-refractivity contribution in [3.63, 3.8) is 0 Å². The molecule has 0 aromatic carbocycles. The fourth-order valence-corrected chi connectivity index (χ4v) is 2.53. The highest BCUT2D eigenvalue weighted by atomic mass is 35.5. The maximum atomic E-state index is 6.24. The lowest BCUT2D eigenvalue weighted by molar-refractivity contribution is 0.185. The van der Waals surface area contributed by atoms with Crippen LogP contribution in [0.25, 0.3) is 0 Å². The van der Waals surface area contributed by atoms with Crippen LogP contribution in [0, 0.1) is 12.8 Å². The number of rotatable bonds is 2. The second kappa shape index (κ2) is 4.76. The molecule has 1 aromatic rings. The summed E-state index contributed by atoms with van der Waals surface area (Å²) in [7, 11) is 1.90. The van der Waals surface area contributed by atoms with Crippen molar-refractivity contribution in [2.24, 2.45) is 13.0 Å². The van der Waals surface area contributed by atoms with Gasteiger partial charge in [0.2, 0.25) is 0 Å². The molecule has 1 aliphatic rings. The normalized spacial score (nSPS) is 19.2. The van der Waals surface area contributed by atoms with Crippen molar-refractivity contribution in [2.45, 2.75) is 33.2 Å². The highest BCUT2D eigenvalue weighted by molar-refractivity contribution is 6.30. The van der Waals surface area contributed by atoms with Gasteiger partial charge in [-0.05, 0) is 38.8 Å². The van der Waals surface area contributed by atoms with Crippen LogP contribution >= 0.6 is 11.6 Å². The molecule has 1 aliphatic heterocycles. The number of nitrogens with zero attached hydrogens (tertiary/aromatic N) is 3. The maximum absolute atomic E-state index is 6.24. The minimum atomic E-state index is 0.788. The van der Waals surface area contributed by atoms with E-state index in [9.17, 15) is 0 Å². The molecule has 0 aliphatic carbocycles. The summed E-state index contributed by atoms with van der Waals surface area (Å²) in [4.78, 5) is 2.48. The Hall–Kier alpha value is -0.540. The molecule has 4 heteroatoms. The summed E-state index contributed by atoms with van der Waals surface area (Å²) in [6.07, 6.45) is 2.61. The molecule has 0 spiro atoms. The lowest BCUT2D eigenvalue weighted by atomic mass is 9.99. The Labute approximate surface area is 102 Å². The van der Waals surface area contributed by atoms with Gasteiger partial charge in [-0.15, -0.1) is 0 Å². The summed E-state index contributed by atoms with van der Waals surface area (Å²) in [5.74, 6) is 0.877. The largest absolute Gasteiger partial charge is 0.299 e. The molecule has 2 rings (SSSR count). The van der Waals surface area contributed by atoms with E-state index < -0.39 is 0 Å². The van der Waals surface area contributed by atoms with Crippen LogP contribution < -0.4 is 0 Å². The van der Waals surface area contributed by atoms with Crippen molar-refractivity contribution in [2.75, 3.05) is 13.1 Å². The molecule has 0 unspecified atom stereocenters. The number of hydrogen-bond donors (Lipinski definition) is 0. The highest BCUT2D eigenvalue weighted by Crippen LogP contribution is 2.23. The van der Waals surface area contributed by atoms with Crippen LogP contribution in [0.1, 0.15) is 31.0 Å². The Morgan fingerprint density at radius 2 is 2.00 bits per heavy atom. The van der Waals surface area contributed by atoms with Gasteiger partial charge in [0.1, 0.15) is 5.15 Å². The van der Waals surface area contributed by atoms with Gasteiger partial charge < -0.3 is 0 Å². The SMILES string of the molecule is Cc1nn(C)c(Cl)c1CN1CCC(C)CC1. The van der Waals surface area contributed by atoms with Crippen LogP contribution in [0.3, 0.4) is 0 Å². The highest BCUT2D eigenvalue weighted by Gasteiger charge is 2.19. The van der Waals surface area contributed by atoms with Gasteiger partial charge in [-0.2, -0.15) is 5.10 Å². The quantitative estimate of drug-likeness (QED) is 0.794. The molecule has 0 bridgehead atoms. The number of piperidine rings is 1. The zero-order chi connectivity index (χ0) is 11.7. The van der Waals surface area contributed by atoms with Crippen LogP contribution in [0.2, 0.25) is 5.15 Å². The van der Waals surface area contributed by atoms with Gasteiger partial charge in [-0.3, -0.25) is 9.58 Å². The summed E-state index contributed by atoms with van der Waals surface area (Å²) in [6.45, 7) is 7.69. The lowest BCUT2D eigenvalue weighted by Gasteiger charge is -2.30. The Morgan fingerprint density at radius 3 is 2.50 bits per heavy atom. The molecule has 0 amide bonds. The standard InChI is InChI=1S/C12H20ClN3/c1-9-4-6-16(7-5-9)8-11-10(2)14-15(3)12(11)13/h9H,4-8H2,1-3H3. The molecule has 1 saturated heterocycles. The summed E-state index contributed by atoms with van der Waals surface area (Å²) in [5.41, 5.74) is 2.25. The van der Waals surface area contributed by atoms with Crippen molar-refractivity contribution in [3.8, 4) is 0 Å². The first-order chi connectivity index (χ1) is 7.58. The van der Waals surface area contributed by atoms with E-state index in [4.69, 9.17) is 11.6 Å². The van der Waals surface area contributed by atoms with Crippen molar-refractivity contribution in [1.82, 2.24) is 14.7 Å². The summed E-state index contributed by atoms with van der Waals surface area (Å²) in [5, 5.41) is 5.14. The van der Waals surface area contributed by atoms with E-state index in [2.05, 4.69) is 16.9 Å². The predicted molar refractivity (Wildman–Crippen MR) is 66.6 cm³/mol. The molecular weight excluding hydrogens is 222 g/mol. The number of aryl methyl sites for hydroxylation is 2. The van der Waals surface area contributed by atoms with Gasteiger partial charge in [0.25, 0.3) is 0 Å². The van der Waals surface area contributed by atoms with E-state index in [1.807, 2.05) is 14.0 Å². The van der Waals surface area contributed by atoms with E-state index in [1.165, 1.54) is 31.5 Å². The second-order valence-electron chi connectivity index (χ2n) is 4.94. The van der Waals surface area contributed by atoms with E-state index in [0.717, 1.165) is 23.3 Å². The number of aromatic nitrogens is 2.